The molecule has 0 bridgehead atoms. The second-order valence-electron chi connectivity index (χ2n) is 10.9. The van der Waals surface area contributed by atoms with Crippen LogP contribution in [0.15, 0.2) is 42.7 Å². The highest BCUT2D eigenvalue weighted by Gasteiger charge is 2.43. The average molecular weight is 527 g/mol. The van der Waals surface area contributed by atoms with Gasteiger partial charge in [-0.15, -0.1) is 0 Å². The number of benzene rings is 1. The van der Waals surface area contributed by atoms with Crippen LogP contribution in [0.5, 0.6) is 0 Å². The topological polar surface area (TPSA) is 89.6 Å². The molecule has 0 radical (unpaired) electrons. The maximum absolute atomic E-state index is 14.8. The molecule has 1 aliphatic carbocycles. The predicted octanol–water partition coefficient (Wildman–Crippen LogP) is 2.70. The molecule has 2 aromatic rings. The van der Waals surface area contributed by atoms with Crippen molar-refractivity contribution >= 4 is 11.8 Å². The number of pyridine rings is 1. The van der Waals surface area contributed by atoms with Crippen LogP contribution in [0.25, 0.3) is 0 Å². The van der Waals surface area contributed by atoms with Gasteiger partial charge in [-0.3, -0.25) is 24.9 Å². The molecule has 204 valence electrons. The van der Waals surface area contributed by atoms with Gasteiger partial charge in [-0.25, -0.2) is 14.2 Å². The maximum Gasteiger partial charge on any atom is 0.244 e. The highest BCUT2D eigenvalue weighted by atomic mass is 19.1. The summed E-state index contributed by atoms with van der Waals surface area (Å²) in [7, 11) is 3.17. The predicted molar refractivity (Wildman–Crippen MR) is 138 cm³/mol. The van der Waals surface area contributed by atoms with E-state index in [9.17, 15) is 18.4 Å². The SMILES string of the molecule is CN(C)C(=O)C(c1c(F)cccc1F)N1CCC[C@@H](NC(=O)C2CCC3NNC(c4ccncc4)C3C2)C1. The van der Waals surface area contributed by atoms with Gasteiger partial charge in [0.05, 0.1) is 11.6 Å². The summed E-state index contributed by atoms with van der Waals surface area (Å²) in [6.45, 7) is 0.869. The summed E-state index contributed by atoms with van der Waals surface area (Å²) in [5.41, 5.74) is 7.73. The minimum atomic E-state index is -1.09. The molecule has 2 saturated heterocycles. The second-order valence-corrected chi connectivity index (χ2v) is 10.9. The number of rotatable bonds is 6. The number of halogens is 2. The third kappa shape index (κ3) is 5.43. The molecule has 8 nitrogen and oxygen atoms in total. The number of nitrogens with one attached hydrogen (secondary N) is 3. The molecule has 3 aliphatic rings. The Morgan fingerprint density at radius 2 is 1.82 bits per heavy atom. The van der Waals surface area contributed by atoms with Crippen molar-refractivity contribution in [2.45, 2.75) is 56.3 Å². The first-order chi connectivity index (χ1) is 18.3. The number of hydrazine groups is 1. The van der Waals surface area contributed by atoms with Crippen molar-refractivity contribution in [2.75, 3.05) is 27.2 Å². The highest BCUT2D eigenvalue weighted by molar-refractivity contribution is 5.83. The number of amides is 2. The van der Waals surface area contributed by atoms with E-state index in [0.717, 1.165) is 31.2 Å². The number of likely N-dealkylation sites (N-methyl/N-ethyl adjacent to an activating group) is 1. The summed E-state index contributed by atoms with van der Waals surface area (Å²) < 4.78 is 29.5. The van der Waals surface area contributed by atoms with Gasteiger partial charge in [0.15, 0.2) is 0 Å². The van der Waals surface area contributed by atoms with Crippen LogP contribution >= 0.6 is 0 Å². The lowest BCUT2D eigenvalue weighted by molar-refractivity contribution is -0.135. The van der Waals surface area contributed by atoms with Crippen LogP contribution in [-0.4, -0.2) is 65.9 Å². The van der Waals surface area contributed by atoms with E-state index in [1.807, 2.05) is 12.1 Å². The lowest BCUT2D eigenvalue weighted by Crippen LogP contribution is -2.53. The van der Waals surface area contributed by atoms with Crippen molar-refractivity contribution < 1.29 is 18.4 Å². The van der Waals surface area contributed by atoms with Gasteiger partial charge in [0, 0.05) is 51.0 Å². The minimum absolute atomic E-state index is 0.0169. The lowest BCUT2D eigenvalue weighted by Gasteiger charge is -2.40. The summed E-state index contributed by atoms with van der Waals surface area (Å²) >= 11 is 0. The Kier molecular flexibility index (Phi) is 8.01. The fraction of sp³-hybridized carbons (Fsp3) is 0.536. The van der Waals surface area contributed by atoms with Gasteiger partial charge < -0.3 is 10.2 Å². The third-order valence-corrected chi connectivity index (χ3v) is 8.30. The van der Waals surface area contributed by atoms with Gasteiger partial charge in [-0.2, -0.15) is 0 Å². The number of fused-ring (bicyclic) bond motifs is 1. The van der Waals surface area contributed by atoms with Gasteiger partial charge in [0.25, 0.3) is 0 Å². The Balaban J connectivity index is 1.27. The van der Waals surface area contributed by atoms with E-state index in [4.69, 9.17) is 0 Å². The van der Waals surface area contributed by atoms with Crippen LogP contribution in [0.2, 0.25) is 0 Å². The van der Waals surface area contributed by atoms with E-state index in [2.05, 4.69) is 21.2 Å². The number of hydrogen-bond donors (Lipinski definition) is 3. The third-order valence-electron chi connectivity index (χ3n) is 8.30. The molecular weight excluding hydrogens is 490 g/mol. The van der Waals surface area contributed by atoms with Crippen LogP contribution in [0.1, 0.15) is 55.3 Å². The fourth-order valence-electron chi connectivity index (χ4n) is 6.35. The van der Waals surface area contributed by atoms with Crippen LogP contribution in [0.4, 0.5) is 8.78 Å². The average Bonchev–Trinajstić information content (AvgIpc) is 3.34. The van der Waals surface area contributed by atoms with E-state index >= 15 is 0 Å². The number of aromatic nitrogens is 1. The van der Waals surface area contributed by atoms with Crippen LogP contribution in [0.3, 0.4) is 0 Å². The molecule has 38 heavy (non-hydrogen) atoms. The molecule has 5 rings (SSSR count). The Labute approximate surface area is 222 Å². The lowest BCUT2D eigenvalue weighted by atomic mass is 9.74. The number of hydrogen-bond acceptors (Lipinski definition) is 6. The molecule has 2 amide bonds. The zero-order valence-electron chi connectivity index (χ0n) is 21.9. The maximum atomic E-state index is 14.8. The summed E-state index contributed by atoms with van der Waals surface area (Å²) in [5, 5.41) is 3.21. The number of piperidine rings is 1. The largest absolute Gasteiger partial charge is 0.352 e. The molecular formula is C28H36F2N6O2. The normalized spacial score (nSPS) is 28.4. The van der Waals surface area contributed by atoms with Crippen molar-refractivity contribution in [3.8, 4) is 0 Å². The van der Waals surface area contributed by atoms with E-state index in [1.54, 1.807) is 31.4 Å². The first-order valence-corrected chi connectivity index (χ1v) is 13.4. The number of carbonyl (C=O) groups is 2. The molecule has 3 heterocycles. The molecule has 1 aromatic carbocycles. The summed E-state index contributed by atoms with van der Waals surface area (Å²) in [6.07, 6.45) is 7.50. The zero-order valence-corrected chi connectivity index (χ0v) is 21.9. The highest BCUT2D eigenvalue weighted by Crippen LogP contribution is 2.40. The van der Waals surface area contributed by atoms with Crippen molar-refractivity contribution in [1.29, 1.82) is 0 Å². The molecule has 1 aromatic heterocycles. The zero-order chi connectivity index (χ0) is 26.8. The van der Waals surface area contributed by atoms with Crippen molar-refractivity contribution in [1.82, 2.24) is 31.0 Å². The van der Waals surface area contributed by atoms with E-state index < -0.39 is 17.7 Å². The van der Waals surface area contributed by atoms with Crippen LogP contribution in [0, 0.1) is 23.5 Å². The molecule has 6 atom stereocenters. The van der Waals surface area contributed by atoms with Gasteiger partial charge in [-0.05, 0) is 74.4 Å². The summed E-state index contributed by atoms with van der Waals surface area (Å²) in [4.78, 5) is 33.8. The fourth-order valence-corrected chi connectivity index (χ4v) is 6.35. The Morgan fingerprint density at radius 3 is 2.53 bits per heavy atom. The smallest absolute Gasteiger partial charge is 0.244 e. The quantitative estimate of drug-likeness (QED) is 0.537. The van der Waals surface area contributed by atoms with E-state index in [0.29, 0.717) is 25.6 Å². The molecule has 3 fully saturated rings. The minimum Gasteiger partial charge on any atom is -0.352 e. The first kappa shape index (κ1) is 26.6. The molecule has 10 heteroatoms. The van der Waals surface area contributed by atoms with E-state index in [1.165, 1.54) is 23.1 Å². The second kappa shape index (κ2) is 11.4. The first-order valence-electron chi connectivity index (χ1n) is 13.4. The molecule has 1 saturated carbocycles. The number of likely N-dealkylation sites (tertiary alicyclic amines) is 1. The Bertz CT molecular complexity index is 1130. The van der Waals surface area contributed by atoms with Gasteiger partial charge in [0.1, 0.15) is 17.7 Å². The van der Waals surface area contributed by atoms with Gasteiger partial charge in [-0.1, -0.05) is 6.07 Å². The van der Waals surface area contributed by atoms with Crippen molar-refractivity contribution in [3.63, 3.8) is 0 Å². The monoisotopic (exact) mass is 526 g/mol. The standard InChI is InChI=1S/C28H36F2N6O2/c1-35(2)28(38)26(24-21(29)6-3-7-22(24)30)36-14-4-5-19(16-36)32-27(37)18-8-9-23-20(15-18)25(34-33-23)17-10-12-31-13-11-17/h3,6-7,10-13,18-20,23,25-26,33-34H,4-5,8-9,14-16H2,1-2H3,(H,32,37)/t18?,19-,20?,23?,25?,26?/m1/s1. The number of nitrogens with zero attached hydrogens (tertiary/aromatic N) is 3. The number of carbonyl (C=O) groups excluding carboxylic acids is 2. The van der Waals surface area contributed by atoms with Gasteiger partial charge in [0.2, 0.25) is 11.8 Å². The molecule has 3 N–H and O–H groups in total. The molecule has 0 spiro atoms. The van der Waals surface area contributed by atoms with Crippen LogP contribution < -0.4 is 16.2 Å². The summed E-state index contributed by atoms with van der Waals surface area (Å²) in [6, 6.07) is 6.83. The molecule has 5 unspecified atom stereocenters. The van der Waals surface area contributed by atoms with E-state index in [-0.39, 0.29) is 41.3 Å². The van der Waals surface area contributed by atoms with Gasteiger partial charge >= 0.3 is 0 Å². The molecule has 2 aliphatic heterocycles. The van der Waals surface area contributed by atoms with Crippen molar-refractivity contribution in [3.05, 3.63) is 65.5 Å². The Morgan fingerprint density at radius 1 is 1.08 bits per heavy atom. The van der Waals surface area contributed by atoms with Crippen molar-refractivity contribution in [2.24, 2.45) is 11.8 Å². The Hall–Kier alpha value is -2.95. The van der Waals surface area contributed by atoms with Crippen LogP contribution in [-0.2, 0) is 9.59 Å². The summed E-state index contributed by atoms with van der Waals surface area (Å²) in [5.74, 6) is -1.67.